The van der Waals surface area contributed by atoms with E-state index in [1.54, 1.807) is 44.6 Å². The second kappa shape index (κ2) is 6.44. The SMILES string of the molecule is COc1ccc(/C=C/C(=O)c2ccc3c(c2)OCO3)cc1OC. The molecular weight excluding hydrogens is 296 g/mol. The highest BCUT2D eigenvalue weighted by Gasteiger charge is 2.15. The lowest BCUT2D eigenvalue weighted by atomic mass is 10.1. The second-order valence-corrected chi connectivity index (χ2v) is 4.88. The minimum absolute atomic E-state index is 0.113. The molecule has 0 bridgehead atoms. The van der Waals surface area contributed by atoms with Crippen LogP contribution in [-0.2, 0) is 0 Å². The first-order valence-corrected chi connectivity index (χ1v) is 7.05. The fourth-order valence-electron chi connectivity index (χ4n) is 2.27. The van der Waals surface area contributed by atoms with Crippen molar-refractivity contribution in [2.24, 2.45) is 0 Å². The molecular formula is C18H16O5. The van der Waals surface area contributed by atoms with Crippen molar-refractivity contribution in [2.75, 3.05) is 21.0 Å². The molecule has 118 valence electrons. The summed E-state index contributed by atoms with van der Waals surface area (Å²) in [5.41, 5.74) is 1.39. The molecule has 0 N–H and O–H groups in total. The monoisotopic (exact) mass is 312 g/mol. The Morgan fingerprint density at radius 3 is 2.57 bits per heavy atom. The van der Waals surface area contributed by atoms with Crippen LogP contribution in [0, 0.1) is 0 Å². The Kier molecular flexibility index (Phi) is 4.19. The average molecular weight is 312 g/mol. The highest BCUT2D eigenvalue weighted by molar-refractivity contribution is 6.07. The molecule has 2 aromatic carbocycles. The summed E-state index contributed by atoms with van der Waals surface area (Å²) < 4.78 is 20.9. The fourth-order valence-corrected chi connectivity index (χ4v) is 2.27. The highest BCUT2D eigenvalue weighted by atomic mass is 16.7. The van der Waals surface area contributed by atoms with Gasteiger partial charge in [0.2, 0.25) is 6.79 Å². The number of hydrogen-bond acceptors (Lipinski definition) is 5. The maximum Gasteiger partial charge on any atom is 0.231 e. The van der Waals surface area contributed by atoms with Gasteiger partial charge in [-0.25, -0.2) is 0 Å². The quantitative estimate of drug-likeness (QED) is 0.626. The Labute approximate surface area is 134 Å². The Morgan fingerprint density at radius 2 is 1.78 bits per heavy atom. The van der Waals surface area contributed by atoms with Gasteiger partial charge in [-0.05, 0) is 42.0 Å². The predicted octanol–water partition coefficient (Wildman–Crippen LogP) is 3.33. The third kappa shape index (κ3) is 3.13. The van der Waals surface area contributed by atoms with Crippen molar-refractivity contribution >= 4 is 11.9 Å². The van der Waals surface area contributed by atoms with Crippen molar-refractivity contribution in [3.8, 4) is 23.0 Å². The van der Waals surface area contributed by atoms with E-state index in [1.165, 1.54) is 6.08 Å². The smallest absolute Gasteiger partial charge is 0.231 e. The lowest BCUT2D eigenvalue weighted by Crippen LogP contribution is -1.95. The molecule has 1 aliphatic rings. The van der Waals surface area contributed by atoms with E-state index in [2.05, 4.69) is 0 Å². The Hall–Kier alpha value is -2.95. The summed E-state index contributed by atoms with van der Waals surface area (Å²) in [6.07, 6.45) is 3.24. The van der Waals surface area contributed by atoms with E-state index in [9.17, 15) is 4.79 Å². The molecule has 0 atom stereocenters. The third-order valence-electron chi connectivity index (χ3n) is 3.49. The van der Waals surface area contributed by atoms with Crippen LogP contribution in [0.3, 0.4) is 0 Å². The van der Waals surface area contributed by atoms with Gasteiger partial charge in [-0.1, -0.05) is 12.1 Å². The summed E-state index contributed by atoms with van der Waals surface area (Å²) in [5, 5.41) is 0. The number of carbonyl (C=O) groups is 1. The number of ketones is 1. The van der Waals surface area contributed by atoms with Gasteiger partial charge in [0, 0.05) is 5.56 Å². The number of fused-ring (bicyclic) bond motifs is 1. The van der Waals surface area contributed by atoms with E-state index < -0.39 is 0 Å². The van der Waals surface area contributed by atoms with Gasteiger partial charge >= 0.3 is 0 Å². The first kappa shape index (κ1) is 15.0. The lowest BCUT2D eigenvalue weighted by molar-refractivity contribution is 0.104. The van der Waals surface area contributed by atoms with E-state index in [1.807, 2.05) is 12.1 Å². The van der Waals surface area contributed by atoms with Crippen LogP contribution < -0.4 is 18.9 Å². The molecule has 0 saturated heterocycles. The second-order valence-electron chi connectivity index (χ2n) is 4.88. The molecule has 1 aliphatic heterocycles. The zero-order chi connectivity index (χ0) is 16.2. The van der Waals surface area contributed by atoms with Gasteiger partial charge in [-0.2, -0.15) is 0 Å². The normalized spacial score (nSPS) is 12.4. The molecule has 0 amide bonds. The van der Waals surface area contributed by atoms with Gasteiger partial charge in [-0.15, -0.1) is 0 Å². The standard InChI is InChI=1S/C18H16O5/c1-20-15-7-4-12(9-17(15)21-2)3-6-14(19)13-5-8-16-18(10-13)23-11-22-16/h3-10H,11H2,1-2H3/b6-3+. The van der Waals surface area contributed by atoms with Crippen molar-refractivity contribution in [3.63, 3.8) is 0 Å². The summed E-state index contributed by atoms with van der Waals surface area (Å²) in [5.74, 6) is 2.40. The van der Waals surface area contributed by atoms with Crippen LogP contribution >= 0.6 is 0 Å². The van der Waals surface area contributed by atoms with Crippen LogP contribution in [0.5, 0.6) is 23.0 Å². The summed E-state index contributed by atoms with van der Waals surface area (Å²) in [6, 6.07) is 10.6. The van der Waals surface area contributed by atoms with Gasteiger partial charge < -0.3 is 18.9 Å². The van der Waals surface area contributed by atoms with Crippen LogP contribution in [0.4, 0.5) is 0 Å². The molecule has 0 fully saturated rings. The highest BCUT2D eigenvalue weighted by Crippen LogP contribution is 2.33. The maximum atomic E-state index is 12.3. The number of methoxy groups -OCH3 is 2. The van der Waals surface area contributed by atoms with Crippen molar-refractivity contribution in [1.29, 1.82) is 0 Å². The Balaban J connectivity index is 1.78. The largest absolute Gasteiger partial charge is 0.493 e. The van der Waals surface area contributed by atoms with E-state index in [0.29, 0.717) is 28.6 Å². The van der Waals surface area contributed by atoms with E-state index >= 15 is 0 Å². The molecule has 23 heavy (non-hydrogen) atoms. The van der Waals surface area contributed by atoms with Crippen LogP contribution in [-0.4, -0.2) is 26.8 Å². The number of allylic oxidation sites excluding steroid dienone is 1. The molecule has 0 saturated carbocycles. The predicted molar refractivity (Wildman–Crippen MR) is 85.5 cm³/mol. The molecule has 3 rings (SSSR count). The van der Waals surface area contributed by atoms with Crippen molar-refractivity contribution in [3.05, 3.63) is 53.6 Å². The van der Waals surface area contributed by atoms with E-state index in [-0.39, 0.29) is 12.6 Å². The van der Waals surface area contributed by atoms with Crippen LogP contribution in [0.15, 0.2) is 42.5 Å². The number of hydrogen-bond donors (Lipinski definition) is 0. The molecule has 1 heterocycles. The fraction of sp³-hybridized carbons (Fsp3) is 0.167. The maximum absolute atomic E-state index is 12.3. The lowest BCUT2D eigenvalue weighted by Gasteiger charge is -2.07. The molecule has 5 heteroatoms. The van der Waals surface area contributed by atoms with Gasteiger partial charge in [0.25, 0.3) is 0 Å². The number of ether oxygens (including phenoxy) is 4. The van der Waals surface area contributed by atoms with Crippen LogP contribution in [0.2, 0.25) is 0 Å². The molecule has 0 radical (unpaired) electrons. The molecule has 5 nitrogen and oxygen atoms in total. The topological polar surface area (TPSA) is 54.0 Å². The van der Waals surface area contributed by atoms with E-state index in [4.69, 9.17) is 18.9 Å². The zero-order valence-electron chi connectivity index (χ0n) is 12.9. The number of rotatable bonds is 5. The summed E-state index contributed by atoms with van der Waals surface area (Å²) >= 11 is 0. The molecule has 0 aliphatic carbocycles. The first-order valence-electron chi connectivity index (χ1n) is 7.05. The summed E-state index contributed by atoms with van der Waals surface area (Å²) in [6.45, 7) is 0.189. The number of benzene rings is 2. The summed E-state index contributed by atoms with van der Waals surface area (Å²) in [7, 11) is 3.15. The average Bonchev–Trinajstić information content (AvgIpc) is 3.06. The van der Waals surface area contributed by atoms with Crippen molar-refractivity contribution in [2.45, 2.75) is 0 Å². The van der Waals surface area contributed by atoms with Crippen molar-refractivity contribution in [1.82, 2.24) is 0 Å². The van der Waals surface area contributed by atoms with Gasteiger partial charge in [0.1, 0.15) is 0 Å². The van der Waals surface area contributed by atoms with Gasteiger partial charge in [-0.3, -0.25) is 4.79 Å². The zero-order valence-corrected chi connectivity index (χ0v) is 12.9. The van der Waals surface area contributed by atoms with Crippen LogP contribution in [0.1, 0.15) is 15.9 Å². The number of carbonyl (C=O) groups excluding carboxylic acids is 1. The van der Waals surface area contributed by atoms with E-state index in [0.717, 1.165) is 5.56 Å². The van der Waals surface area contributed by atoms with Crippen molar-refractivity contribution < 1.29 is 23.7 Å². The third-order valence-corrected chi connectivity index (χ3v) is 3.49. The van der Waals surface area contributed by atoms with Gasteiger partial charge in [0.05, 0.1) is 14.2 Å². The minimum atomic E-state index is -0.113. The minimum Gasteiger partial charge on any atom is -0.493 e. The molecule has 0 unspecified atom stereocenters. The first-order chi connectivity index (χ1) is 11.2. The molecule has 0 aromatic heterocycles. The summed E-state index contributed by atoms with van der Waals surface area (Å²) in [4.78, 5) is 12.3. The van der Waals surface area contributed by atoms with Gasteiger partial charge in [0.15, 0.2) is 28.8 Å². The Bertz CT molecular complexity index is 764. The molecule has 2 aromatic rings. The Morgan fingerprint density at radius 1 is 1.00 bits per heavy atom. The van der Waals surface area contributed by atoms with Crippen LogP contribution in [0.25, 0.3) is 6.08 Å². The molecule has 0 spiro atoms.